The van der Waals surface area contributed by atoms with Gasteiger partial charge in [0.15, 0.2) is 23.1 Å². The molecule has 1 amide bonds. The van der Waals surface area contributed by atoms with Gasteiger partial charge in [-0.25, -0.2) is 9.18 Å². The summed E-state index contributed by atoms with van der Waals surface area (Å²) in [5.41, 5.74) is 0.546. The SMILES string of the molecule is COc1cc2nccc(Oc3ccc(NC(=O)C(=O)O)cc3F)c2cc1OC. The van der Waals surface area contributed by atoms with E-state index in [4.69, 9.17) is 19.3 Å². The van der Waals surface area contributed by atoms with Crippen molar-refractivity contribution in [3.8, 4) is 23.0 Å². The molecule has 0 aliphatic heterocycles. The number of halogens is 1. The van der Waals surface area contributed by atoms with Crippen molar-refractivity contribution >= 4 is 28.5 Å². The largest absolute Gasteiger partial charge is 0.493 e. The lowest BCUT2D eigenvalue weighted by Gasteiger charge is -2.13. The molecule has 3 aromatic rings. The highest BCUT2D eigenvalue weighted by Gasteiger charge is 2.15. The van der Waals surface area contributed by atoms with Crippen LogP contribution >= 0.6 is 0 Å². The number of carbonyl (C=O) groups excluding carboxylic acids is 1. The number of aliphatic carboxylic acids is 1. The van der Waals surface area contributed by atoms with Crippen molar-refractivity contribution in [2.75, 3.05) is 19.5 Å². The van der Waals surface area contributed by atoms with E-state index < -0.39 is 17.7 Å². The first-order chi connectivity index (χ1) is 13.4. The Hall–Kier alpha value is -3.88. The zero-order valence-corrected chi connectivity index (χ0v) is 14.9. The molecule has 0 saturated carbocycles. The second-order valence-corrected chi connectivity index (χ2v) is 5.54. The first-order valence-corrected chi connectivity index (χ1v) is 7.95. The lowest BCUT2D eigenvalue weighted by atomic mass is 10.2. The van der Waals surface area contributed by atoms with E-state index in [0.29, 0.717) is 28.2 Å². The standard InChI is InChI=1S/C19H15FN2O6/c1-26-16-8-11-13(9-17(16)27-2)21-6-5-14(11)28-15-4-3-10(7-12(15)20)22-18(23)19(24)25/h3-9H,1-2H3,(H,22,23)(H,24,25). The van der Waals surface area contributed by atoms with E-state index in [1.54, 1.807) is 18.2 Å². The fourth-order valence-electron chi connectivity index (χ4n) is 2.50. The molecular weight excluding hydrogens is 371 g/mol. The van der Waals surface area contributed by atoms with Crippen molar-refractivity contribution in [3.63, 3.8) is 0 Å². The van der Waals surface area contributed by atoms with Crippen molar-refractivity contribution < 1.29 is 33.3 Å². The van der Waals surface area contributed by atoms with Crippen LogP contribution in [0, 0.1) is 5.82 Å². The van der Waals surface area contributed by atoms with Gasteiger partial charge in [-0.15, -0.1) is 0 Å². The second kappa shape index (κ2) is 7.78. The number of carboxylic acids is 1. The van der Waals surface area contributed by atoms with Crippen LogP contribution in [0.5, 0.6) is 23.0 Å². The Balaban J connectivity index is 1.94. The maximum atomic E-state index is 14.4. The molecule has 8 nitrogen and oxygen atoms in total. The molecule has 0 radical (unpaired) electrons. The van der Waals surface area contributed by atoms with Gasteiger partial charge < -0.3 is 24.6 Å². The fraction of sp³-hybridized carbons (Fsp3) is 0.105. The minimum Gasteiger partial charge on any atom is -0.493 e. The van der Waals surface area contributed by atoms with Gasteiger partial charge in [0, 0.05) is 29.4 Å². The van der Waals surface area contributed by atoms with E-state index in [0.717, 1.165) is 6.07 Å². The number of ether oxygens (including phenoxy) is 3. The third kappa shape index (κ3) is 3.78. The highest BCUT2D eigenvalue weighted by Crippen LogP contribution is 2.37. The molecule has 0 unspecified atom stereocenters. The number of hydrogen-bond donors (Lipinski definition) is 2. The van der Waals surface area contributed by atoms with Gasteiger partial charge in [-0.3, -0.25) is 9.78 Å². The summed E-state index contributed by atoms with van der Waals surface area (Å²) in [7, 11) is 2.99. The normalized spacial score (nSPS) is 10.4. The molecule has 9 heteroatoms. The number of aromatic nitrogens is 1. The Morgan fingerprint density at radius 2 is 1.71 bits per heavy atom. The molecule has 0 saturated heterocycles. The lowest BCUT2D eigenvalue weighted by molar-refractivity contribution is -0.147. The summed E-state index contributed by atoms with van der Waals surface area (Å²) in [5, 5.41) is 11.2. The third-order valence-corrected chi connectivity index (χ3v) is 3.81. The van der Waals surface area contributed by atoms with Gasteiger partial charge in [0.05, 0.1) is 19.7 Å². The molecule has 0 atom stereocenters. The Morgan fingerprint density at radius 3 is 2.36 bits per heavy atom. The van der Waals surface area contributed by atoms with Crippen LogP contribution in [0.4, 0.5) is 10.1 Å². The van der Waals surface area contributed by atoms with Gasteiger partial charge in [-0.1, -0.05) is 0 Å². The number of nitrogens with zero attached hydrogens (tertiary/aromatic N) is 1. The third-order valence-electron chi connectivity index (χ3n) is 3.81. The summed E-state index contributed by atoms with van der Waals surface area (Å²) in [4.78, 5) is 26.0. The van der Waals surface area contributed by atoms with Crippen molar-refractivity contribution in [3.05, 3.63) is 48.4 Å². The monoisotopic (exact) mass is 386 g/mol. The predicted molar refractivity (Wildman–Crippen MR) is 97.6 cm³/mol. The molecule has 1 heterocycles. The topological polar surface area (TPSA) is 107 Å². The molecule has 3 rings (SSSR count). The van der Waals surface area contributed by atoms with Crippen molar-refractivity contribution in [1.82, 2.24) is 4.98 Å². The molecule has 0 bridgehead atoms. The fourth-order valence-corrected chi connectivity index (χ4v) is 2.50. The lowest BCUT2D eigenvalue weighted by Crippen LogP contribution is -2.21. The van der Waals surface area contributed by atoms with Crippen LogP contribution in [0.1, 0.15) is 0 Å². The minimum atomic E-state index is -1.67. The quantitative estimate of drug-likeness (QED) is 0.649. The second-order valence-electron chi connectivity index (χ2n) is 5.54. The van der Waals surface area contributed by atoms with Crippen LogP contribution in [0.3, 0.4) is 0 Å². The summed E-state index contributed by atoms with van der Waals surface area (Å²) in [6.45, 7) is 0. The number of carbonyl (C=O) groups is 2. The molecule has 144 valence electrons. The van der Waals surface area contributed by atoms with Crippen LogP contribution < -0.4 is 19.5 Å². The van der Waals surface area contributed by atoms with Crippen LogP contribution in [0.25, 0.3) is 10.9 Å². The smallest absolute Gasteiger partial charge is 0.394 e. The maximum absolute atomic E-state index is 14.4. The van der Waals surface area contributed by atoms with E-state index in [2.05, 4.69) is 10.3 Å². The number of carboxylic acid groups (broad SMARTS) is 1. The molecule has 1 aromatic heterocycles. The van der Waals surface area contributed by atoms with Crippen molar-refractivity contribution in [1.29, 1.82) is 0 Å². The first kappa shape index (κ1) is 18.9. The van der Waals surface area contributed by atoms with E-state index in [9.17, 15) is 14.0 Å². The van der Waals surface area contributed by atoms with Crippen LogP contribution in [0.2, 0.25) is 0 Å². The molecule has 0 spiro atoms. The molecule has 2 N–H and O–H groups in total. The Labute approximate surface area is 158 Å². The number of nitrogens with one attached hydrogen (secondary N) is 1. The zero-order chi connectivity index (χ0) is 20.3. The highest BCUT2D eigenvalue weighted by atomic mass is 19.1. The van der Waals surface area contributed by atoms with Gasteiger partial charge in [-0.05, 0) is 24.3 Å². The molecule has 0 fully saturated rings. The van der Waals surface area contributed by atoms with Gasteiger partial charge in [0.25, 0.3) is 0 Å². The van der Waals surface area contributed by atoms with Crippen LogP contribution in [0.15, 0.2) is 42.6 Å². The maximum Gasteiger partial charge on any atom is 0.394 e. The van der Waals surface area contributed by atoms with Crippen LogP contribution in [-0.4, -0.2) is 36.2 Å². The molecule has 2 aromatic carbocycles. The summed E-state index contributed by atoms with van der Waals surface area (Å²) in [6.07, 6.45) is 1.50. The first-order valence-electron chi connectivity index (χ1n) is 7.95. The van der Waals surface area contributed by atoms with Crippen LogP contribution in [-0.2, 0) is 9.59 Å². The Bertz CT molecular complexity index is 1070. The van der Waals surface area contributed by atoms with Gasteiger partial charge in [0.1, 0.15) is 5.75 Å². The van der Waals surface area contributed by atoms with E-state index in [1.165, 1.54) is 32.5 Å². The number of pyridine rings is 1. The van der Waals surface area contributed by atoms with E-state index in [-0.39, 0.29) is 11.4 Å². The Kier molecular flexibility index (Phi) is 5.25. The number of amides is 1. The minimum absolute atomic E-state index is 0.0109. The van der Waals surface area contributed by atoms with Crippen molar-refractivity contribution in [2.45, 2.75) is 0 Å². The average Bonchev–Trinajstić information content (AvgIpc) is 2.69. The van der Waals surface area contributed by atoms with Gasteiger partial charge in [0.2, 0.25) is 0 Å². The molecule has 0 aliphatic rings. The zero-order valence-electron chi connectivity index (χ0n) is 14.9. The summed E-state index contributed by atoms with van der Waals surface area (Å²) >= 11 is 0. The van der Waals surface area contributed by atoms with E-state index >= 15 is 0 Å². The number of methoxy groups -OCH3 is 2. The number of fused-ring (bicyclic) bond motifs is 1. The number of rotatable bonds is 5. The predicted octanol–water partition coefficient (Wildman–Crippen LogP) is 3.21. The van der Waals surface area contributed by atoms with Gasteiger partial charge in [-0.2, -0.15) is 0 Å². The number of anilines is 1. The van der Waals surface area contributed by atoms with Crippen molar-refractivity contribution in [2.24, 2.45) is 0 Å². The number of benzene rings is 2. The summed E-state index contributed by atoms with van der Waals surface area (Å²) < 4.78 is 30.5. The molecule has 0 aliphatic carbocycles. The molecule has 28 heavy (non-hydrogen) atoms. The summed E-state index contributed by atoms with van der Waals surface area (Å²) in [6, 6.07) is 8.46. The highest BCUT2D eigenvalue weighted by molar-refractivity contribution is 6.36. The van der Waals surface area contributed by atoms with Gasteiger partial charge >= 0.3 is 11.9 Å². The summed E-state index contributed by atoms with van der Waals surface area (Å²) in [5.74, 6) is -2.57. The molecular formula is C19H15FN2O6. The van der Waals surface area contributed by atoms with E-state index in [1.807, 2.05) is 0 Å². The average molecular weight is 386 g/mol. The Morgan fingerprint density at radius 1 is 1.00 bits per heavy atom. The number of hydrogen-bond acceptors (Lipinski definition) is 6.